The van der Waals surface area contributed by atoms with Gasteiger partial charge >= 0.3 is 5.97 Å². The lowest BCUT2D eigenvalue weighted by Crippen LogP contribution is -2.53. The number of rotatable bonds is 2. The van der Waals surface area contributed by atoms with Crippen molar-refractivity contribution < 1.29 is 19.0 Å². The van der Waals surface area contributed by atoms with Gasteiger partial charge in [-0.25, -0.2) is 0 Å². The smallest absolute Gasteiger partial charge is 0.323 e. The molecular weight excluding hydrogens is 222 g/mol. The number of piperidine rings is 1. The second-order valence-corrected chi connectivity index (χ2v) is 5.47. The maximum Gasteiger partial charge on any atom is 0.323 e. The van der Waals surface area contributed by atoms with Crippen LogP contribution in [-0.2, 0) is 19.0 Å². The molecule has 1 N–H and O–H groups in total. The molecule has 0 spiro atoms. The summed E-state index contributed by atoms with van der Waals surface area (Å²) in [6, 6.07) is -0.000110. The maximum absolute atomic E-state index is 11.8. The van der Waals surface area contributed by atoms with E-state index in [1.165, 1.54) is 0 Å². The van der Waals surface area contributed by atoms with Crippen LogP contribution in [0.4, 0.5) is 0 Å². The molecule has 1 aliphatic carbocycles. The zero-order chi connectivity index (χ0) is 12.2. The summed E-state index contributed by atoms with van der Waals surface area (Å²) in [6.07, 6.45) is 1.06. The third kappa shape index (κ3) is 1.68. The molecule has 0 aromatic rings. The lowest BCUT2D eigenvalue weighted by molar-refractivity contribution is -0.158. The summed E-state index contributed by atoms with van der Waals surface area (Å²) in [5.41, 5.74) is 0. The van der Waals surface area contributed by atoms with E-state index in [0.717, 1.165) is 6.42 Å². The average Bonchev–Trinajstić information content (AvgIpc) is 2.85. The first-order valence-electron chi connectivity index (χ1n) is 6.30. The third-order valence-corrected chi connectivity index (χ3v) is 3.87. The van der Waals surface area contributed by atoms with Gasteiger partial charge in [-0.3, -0.25) is 10.1 Å². The van der Waals surface area contributed by atoms with Gasteiger partial charge in [-0.05, 0) is 27.2 Å². The standard InChI is InChI=1S/C12H19NO4/c1-4-15-11(14)8-6-5-7(13-8)10-9(6)16-12(2,3)17-10/h6-10,13H,4-5H2,1-3H3/t6-,7+,8-,9+,10-/m1/s1. The second kappa shape index (κ2) is 3.67. The first kappa shape index (κ1) is 11.4. The number of carbonyl (C=O) groups is 1. The van der Waals surface area contributed by atoms with E-state index in [-0.39, 0.29) is 36.2 Å². The molecule has 2 saturated heterocycles. The molecular formula is C12H19NO4. The second-order valence-electron chi connectivity index (χ2n) is 5.47. The Morgan fingerprint density at radius 1 is 1.41 bits per heavy atom. The molecule has 3 rings (SSSR count). The van der Waals surface area contributed by atoms with Gasteiger partial charge in [0.2, 0.25) is 0 Å². The number of ether oxygens (including phenoxy) is 3. The van der Waals surface area contributed by atoms with Gasteiger partial charge in [0.05, 0.1) is 12.7 Å². The Labute approximate surface area is 101 Å². The highest BCUT2D eigenvalue weighted by atomic mass is 16.8. The first-order valence-corrected chi connectivity index (χ1v) is 6.30. The molecule has 0 aromatic carbocycles. The van der Waals surface area contributed by atoms with Crippen LogP contribution in [0.5, 0.6) is 0 Å². The Balaban J connectivity index is 1.74. The molecule has 1 saturated carbocycles. The van der Waals surface area contributed by atoms with Crippen LogP contribution in [0.15, 0.2) is 0 Å². The minimum absolute atomic E-state index is 0.0330. The fourth-order valence-corrected chi connectivity index (χ4v) is 3.34. The topological polar surface area (TPSA) is 56.8 Å². The van der Waals surface area contributed by atoms with Gasteiger partial charge < -0.3 is 14.2 Å². The number of hydrogen-bond acceptors (Lipinski definition) is 5. The Bertz CT molecular complexity index is 343. The first-order chi connectivity index (χ1) is 8.02. The van der Waals surface area contributed by atoms with Crippen molar-refractivity contribution in [3.63, 3.8) is 0 Å². The van der Waals surface area contributed by atoms with Crippen molar-refractivity contribution in [3.05, 3.63) is 0 Å². The zero-order valence-electron chi connectivity index (χ0n) is 10.4. The van der Waals surface area contributed by atoms with E-state index in [9.17, 15) is 4.79 Å². The SMILES string of the molecule is CCOC(=O)[C@@H]1N[C@H]2C[C@H]1[C@@H]1OC(C)(C)O[C@@H]12. The molecule has 0 unspecified atom stereocenters. The van der Waals surface area contributed by atoms with E-state index in [4.69, 9.17) is 14.2 Å². The Kier molecular flexibility index (Phi) is 2.47. The largest absolute Gasteiger partial charge is 0.465 e. The van der Waals surface area contributed by atoms with Crippen LogP contribution >= 0.6 is 0 Å². The fourth-order valence-electron chi connectivity index (χ4n) is 3.34. The number of esters is 1. The Morgan fingerprint density at radius 2 is 2.12 bits per heavy atom. The molecule has 3 aliphatic rings. The van der Waals surface area contributed by atoms with Gasteiger partial charge in [-0.2, -0.15) is 0 Å². The van der Waals surface area contributed by atoms with E-state index in [1.807, 2.05) is 20.8 Å². The highest BCUT2D eigenvalue weighted by Gasteiger charge is 2.61. The quantitative estimate of drug-likeness (QED) is 0.710. The Morgan fingerprint density at radius 3 is 2.82 bits per heavy atom. The van der Waals surface area contributed by atoms with Crippen LogP contribution in [0.25, 0.3) is 0 Å². The van der Waals surface area contributed by atoms with Gasteiger partial charge in [0.15, 0.2) is 5.79 Å². The number of hydrogen-bond donors (Lipinski definition) is 1. The van der Waals surface area contributed by atoms with Crippen LogP contribution in [-0.4, -0.2) is 42.7 Å². The summed E-state index contributed by atoms with van der Waals surface area (Å²) in [6.45, 7) is 6.09. The summed E-state index contributed by atoms with van der Waals surface area (Å²) in [5.74, 6) is -0.505. The van der Waals surface area contributed by atoms with E-state index >= 15 is 0 Å². The van der Waals surface area contributed by atoms with Gasteiger partial charge in [-0.1, -0.05) is 0 Å². The van der Waals surface area contributed by atoms with Crippen LogP contribution in [0.1, 0.15) is 27.2 Å². The number of nitrogens with one attached hydrogen (secondary N) is 1. The summed E-state index contributed by atoms with van der Waals surface area (Å²) < 4.78 is 16.8. The van der Waals surface area contributed by atoms with Crippen molar-refractivity contribution >= 4 is 5.97 Å². The van der Waals surface area contributed by atoms with Crippen molar-refractivity contribution in [1.82, 2.24) is 5.32 Å². The summed E-state index contributed by atoms with van der Waals surface area (Å²) >= 11 is 0. The van der Waals surface area contributed by atoms with Crippen molar-refractivity contribution in [3.8, 4) is 0 Å². The number of fused-ring (bicyclic) bond motifs is 5. The summed E-state index contributed by atoms with van der Waals surface area (Å²) in [7, 11) is 0. The monoisotopic (exact) mass is 241 g/mol. The molecule has 17 heavy (non-hydrogen) atoms. The average molecular weight is 241 g/mol. The molecule has 0 radical (unpaired) electrons. The van der Waals surface area contributed by atoms with Gasteiger partial charge in [0.25, 0.3) is 0 Å². The van der Waals surface area contributed by atoms with E-state index < -0.39 is 5.79 Å². The zero-order valence-corrected chi connectivity index (χ0v) is 10.4. The molecule has 0 amide bonds. The van der Waals surface area contributed by atoms with Crippen molar-refractivity contribution in [2.75, 3.05) is 6.61 Å². The molecule has 96 valence electrons. The van der Waals surface area contributed by atoms with Crippen LogP contribution in [0.3, 0.4) is 0 Å². The predicted octanol–water partition coefficient (Wildman–Crippen LogP) is 0.430. The van der Waals surface area contributed by atoms with Crippen molar-refractivity contribution in [2.45, 2.75) is 57.3 Å². The van der Waals surface area contributed by atoms with Crippen LogP contribution < -0.4 is 5.32 Å². The molecule has 3 fully saturated rings. The number of carbonyl (C=O) groups excluding carboxylic acids is 1. The van der Waals surface area contributed by atoms with Crippen molar-refractivity contribution in [2.24, 2.45) is 5.92 Å². The summed E-state index contributed by atoms with van der Waals surface area (Å²) in [4.78, 5) is 11.8. The molecule has 5 nitrogen and oxygen atoms in total. The summed E-state index contributed by atoms with van der Waals surface area (Å²) in [5, 5.41) is 3.30. The van der Waals surface area contributed by atoms with Crippen LogP contribution in [0, 0.1) is 5.92 Å². The Hall–Kier alpha value is -0.650. The van der Waals surface area contributed by atoms with Gasteiger partial charge in [-0.15, -0.1) is 0 Å². The molecule has 2 bridgehead atoms. The minimum Gasteiger partial charge on any atom is -0.465 e. The van der Waals surface area contributed by atoms with Gasteiger partial charge in [0.1, 0.15) is 12.1 Å². The van der Waals surface area contributed by atoms with E-state index in [1.54, 1.807) is 0 Å². The molecule has 5 atom stereocenters. The lowest BCUT2D eigenvalue weighted by atomic mass is 9.96. The third-order valence-electron chi connectivity index (χ3n) is 3.87. The predicted molar refractivity (Wildman–Crippen MR) is 59.3 cm³/mol. The van der Waals surface area contributed by atoms with E-state index in [0.29, 0.717) is 6.61 Å². The van der Waals surface area contributed by atoms with E-state index in [2.05, 4.69) is 5.32 Å². The lowest BCUT2D eigenvalue weighted by Gasteiger charge is -2.28. The van der Waals surface area contributed by atoms with Gasteiger partial charge in [0, 0.05) is 12.0 Å². The highest BCUT2D eigenvalue weighted by Crippen LogP contribution is 2.46. The highest BCUT2D eigenvalue weighted by molar-refractivity contribution is 5.77. The molecule has 2 aliphatic heterocycles. The van der Waals surface area contributed by atoms with Crippen LogP contribution in [0.2, 0.25) is 0 Å². The van der Waals surface area contributed by atoms with Crippen molar-refractivity contribution in [1.29, 1.82) is 0 Å². The molecule has 2 heterocycles. The minimum atomic E-state index is -0.530. The maximum atomic E-state index is 11.8. The normalized spacial score (nSPS) is 45.9. The molecule has 5 heteroatoms. The molecule has 0 aromatic heterocycles. The fraction of sp³-hybridized carbons (Fsp3) is 0.917.